The van der Waals surface area contributed by atoms with Gasteiger partial charge in [-0.3, -0.25) is 0 Å². The minimum atomic E-state index is 0.608. The summed E-state index contributed by atoms with van der Waals surface area (Å²) in [7, 11) is 0. The number of nitrogens with zero attached hydrogens (tertiary/aromatic N) is 3. The zero-order chi connectivity index (χ0) is 12.5. The second kappa shape index (κ2) is 8.53. The summed E-state index contributed by atoms with van der Waals surface area (Å²) in [4.78, 5) is 4.29. The van der Waals surface area contributed by atoms with Crippen molar-refractivity contribution >= 4 is 11.8 Å². The zero-order valence-corrected chi connectivity index (χ0v) is 12.0. The standard InChI is InChI=1S/C12H24N4S/c1-11(2)9-16-12(14-10-15-16)8-13-6-4-5-7-17-3/h10-11,13H,4-9H2,1-3H3. The first-order valence-corrected chi connectivity index (χ1v) is 7.69. The number of thioether (sulfide) groups is 1. The number of hydrogen-bond acceptors (Lipinski definition) is 4. The highest BCUT2D eigenvalue weighted by atomic mass is 32.2. The van der Waals surface area contributed by atoms with Crippen LogP contribution in [0.25, 0.3) is 0 Å². The largest absolute Gasteiger partial charge is 0.310 e. The molecule has 0 aliphatic rings. The van der Waals surface area contributed by atoms with E-state index in [-0.39, 0.29) is 0 Å². The fraction of sp³-hybridized carbons (Fsp3) is 0.833. The Morgan fingerprint density at radius 3 is 2.94 bits per heavy atom. The molecular weight excluding hydrogens is 232 g/mol. The molecule has 0 aliphatic heterocycles. The number of aromatic nitrogens is 3. The predicted molar refractivity (Wildman–Crippen MR) is 74.2 cm³/mol. The molecule has 0 saturated heterocycles. The number of nitrogens with one attached hydrogen (secondary N) is 1. The molecule has 1 heterocycles. The summed E-state index contributed by atoms with van der Waals surface area (Å²) in [6.07, 6.45) is 6.32. The molecule has 0 aromatic carbocycles. The van der Waals surface area contributed by atoms with Crippen LogP contribution in [0.4, 0.5) is 0 Å². The number of hydrogen-bond donors (Lipinski definition) is 1. The zero-order valence-electron chi connectivity index (χ0n) is 11.1. The van der Waals surface area contributed by atoms with Gasteiger partial charge >= 0.3 is 0 Å². The first-order chi connectivity index (χ1) is 8.24. The van der Waals surface area contributed by atoms with Crippen molar-refractivity contribution in [2.45, 2.75) is 39.8 Å². The lowest BCUT2D eigenvalue weighted by molar-refractivity contribution is 0.457. The van der Waals surface area contributed by atoms with Crippen LogP contribution in [0.3, 0.4) is 0 Å². The maximum atomic E-state index is 4.29. The predicted octanol–water partition coefficient (Wildman–Crippen LogP) is 2.17. The summed E-state index contributed by atoms with van der Waals surface area (Å²) in [5.41, 5.74) is 0. The molecule has 0 radical (unpaired) electrons. The topological polar surface area (TPSA) is 42.7 Å². The first-order valence-electron chi connectivity index (χ1n) is 6.30. The molecule has 0 aliphatic carbocycles. The Hall–Kier alpha value is -0.550. The van der Waals surface area contributed by atoms with E-state index >= 15 is 0 Å². The minimum Gasteiger partial charge on any atom is -0.310 e. The Morgan fingerprint density at radius 2 is 2.24 bits per heavy atom. The summed E-state index contributed by atoms with van der Waals surface area (Å²) in [6, 6.07) is 0. The SMILES string of the molecule is CSCCCCNCc1ncnn1CC(C)C. The molecular formula is C12H24N4S. The van der Waals surface area contributed by atoms with Gasteiger partial charge in [-0.1, -0.05) is 13.8 Å². The lowest BCUT2D eigenvalue weighted by Gasteiger charge is -2.09. The summed E-state index contributed by atoms with van der Waals surface area (Å²) in [5.74, 6) is 2.91. The number of rotatable bonds is 9. The van der Waals surface area contributed by atoms with E-state index < -0.39 is 0 Å². The first kappa shape index (κ1) is 14.5. The molecule has 0 amide bonds. The second-order valence-corrected chi connectivity index (χ2v) is 5.61. The molecule has 0 bridgehead atoms. The molecule has 0 fully saturated rings. The van der Waals surface area contributed by atoms with Gasteiger partial charge in [0, 0.05) is 6.54 Å². The molecule has 98 valence electrons. The van der Waals surface area contributed by atoms with E-state index in [1.807, 2.05) is 16.4 Å². The van der Waals surface area contributed by atoms with Crippen LogP contribution in [-0.4, -0.2) is 33.3 Å². The summed E-state index contributed by atoms with van der Waals surface area (Å²) in [6.45, 7) is 7.23. The van der Waals surface area contributed by atoms with Crippen LogP contribution >= 0.6 is 11.8 Å². The van der Waals surface area contributed by atoms with E-state index in [1.54, 1.807) is 6.33 Å². The Bertz CT molecular complexity index is 298. The molecule has 0 unspecified atom stereocenters. The minimum absolute atomic E-state index is 0.608. The van der Waals surface area contributed by atoms with Crippen molar-refractivity contribution in [1.82, 2.24) is 20.1 Å². The van der Waals surface area contributed by atoms with Gasteiger partial charge in [-0.25, -0.2) is 9.67 Å². The van der Waals surface area contributed by atoms with Gasteiger partial charge in [-0.15, -0.1) is 0 Å². The smallest absolute Gasteiger partial charge is 0.140 e. The van der Waals surface area contributed by atoms with Crippen molar-refractivity contribution in [2.24, 2.45) is 5.92 Å². The lowest BCUT2D eigenvalue weighted by atomic mass is 10.2. The lowest BCUT2D eigenvalue weighted by Crippen LogP contribution is -2.20. The highest BCUT2D eigenvalue weighted by molar-refractivity contribution is 7.98. The Morgan fingerprint density at radius 1 is 1.41 bits per heavy atom. The van der Waals surface area contributed by atoms with Crippen LogP contribution in [0, 0.1) is 5.92 Å². The molecule has 1 aromatic heterocycles. The molecule has 0 spiro atoms. The van der Waals surface area contributed by atoms with Gasteiger partial charge in [0.1, 0.15) is 12.2 Å². The molecule has 0 atom stereocenters. The van der Waals surface area contributed by atoms with E-state index in [4.69, 9.17) is 0 Å². The maximum Gasteiger partial charge on any atom is 0.140 e. The number of unbranched alkanes of at least 4 members (excludes halogenated alkanes) is 1. The van der Waals surface area contributed by atoms with Gasteiger partial charge in [0.25, 0.3) is 0 Å². The molecule has 1 N–H and O–H groups in total. The van der Waals surface area contributed by atoms with Crippen molar-refractivity contribution in [3.05, 3.63) is 12.2 Å². The molecule has 17 heavy (non-hydrogen) atoms. The summed E-state index contributed by atoms with van der Waals surface area (Å²) >= 11 is 1.91. The van der Waals surface area contributed by atoms with Gasteiger partial charge in [0.2, 0.25) is 0 Å². The summed E-state index contributed by atoms with van der Waals surface area (Å²) in [5, 5.41) is 7.67. The van der Waals surface area contributed by atoms with Gasteiger partial charge in [-0.05, 0) is 37.3 Å². The van der Waals surface area contributed by atoms with E-state index in [9.17, 15) is 0 Å². The van der Waals surface area contributed by atoms with E-state index in [1.165, 1.54) is 18.6 Å². The molecule has 5 heteroatoms. The Kier molecular flexibility index (Phi) is 7.28. The average Bonchev–Trinajstić information content (AvgIpc) is 2.70. The third-order valence-electron chi connectivity index (χ3n) is 2.47. The molecule has 1 aromatic rings. The highest BCUT2D eigenvalue weighted by Gasteiger charge is 2.05. The average molecular weight is 256 g/mol. The van der Waals surface area contributed by atoms with E-state index in [0.29, 0.717) is 5.92 Å². The summed E-state index contributed by atoms with van der Waals surface area (Å²) < 4.78 is 2.00. The van der Waals surface area contributed by atoms with Crippen LogP contribution in [0.5, 0.6) is 0 Å². The van der Waals surface area contributed by atoms with Gasteiger partial charge in [0.05, 0.1) is 6.54 Å². The third-order valence-corrected chi connectivity index (χ3v) is 3.17. The van der Waals surface area contributed by atoms with Crippen LogP contribution in [0.2, 0.25) is 0 Å². The molecule has 0 saturated carbocycles. The second-order valence-electron chi connectivity index (χ2n) is 4.63. The fourth-order valence-corrected chi connectivity index (χ4v) is 2.11. The maximum absolute atomic E-state index is 4.29. The van der Waals surface area contributed by atoms with Crippen LogP contribution in [0.1, 0.15) is 32.5 Å². The van der Waals surface area contributed by atoms with Gasteiger partial charge in [0.15, 0.2) is 0 Å². The van der Waals surface area contributed by atoms with Crippen molar-refractivity contribution in [2.75, 3.05) is 18.6 Å². The van der Waals surface area contributed by atoms with Crippen molar-refractivity contribution in [1.29, 1.82) is 0 Å². The third kappa shape index (κ3) is 6.07. The quantitative estimate of drug-likeness (QED) is 0.688. The van der Waals surface area contributed by atoms with Crippen LogP contribution < -0.4 is 5.32 Å². The Balaban J connectivity index is 2.20. The van der Waals surface area contributed by atoms with Crippen LogP contribution in [-0.2, 0) is 13.1 Å². The van der Waals surface area contributed by atoms with Crippen molar-refractivity contribution in [3.8, 4) is 0 Å². The normalized spacial score (nSPS) is 11.3. The molecule has 1 rings (SSSR count). The van der Waals surface area contributed by atoms with Gasteiger partial charge < -0.3 is 5.32 Å². The monoisotopic (exact) mass is 256 g/mol. The Labute approximate surface area is 109 Å². The van der Waals surface area contributed by atoms with Crippen molar-refractivity contribution < 1.29 is 0 Å². The van der Waals surface area contributed by atoms with E-state index in [0.717, 1.165) is 25.5 Å². The highest BCUT2D eigenvalue weighted by Crippen LogP contribution is 2.01. The molecule has 4 nitrogen and oxygen atoms in total. The van der Waals surface area contributed by atoms with Crippen molar-refractivity contribution in [3.63, 3.8) is 0 Å². The fourth-order valence-electron chi connectivity index (χ4n) is 1.62. The van der Waals surface area contributed by atoms with Gasteiger partial charge in [-0.2, -0.15) is 16.9 Å². The van der Waals surface area contributed by atoms with E-state index in [2.05, 4.69) is 35.5 Å². The van der Waals surface area contributed by atoms with Crippen LogP contribution in [0.15, 0.2) is 6.33 Å².